The number of rotatable bonds is 6. The Hall–Kier alpha value is -1.88. The molecule has 2 aromatic heterocycles. The molecule has 0 saturated heterocycles. The molecule has 1 aromatic carbocycles. The quantitative estimate of drug-likeness (QED) is 0.658. The molecule has 0 spiro atoms. The number of nitrogens with zero attached hydrogens (tertiary/aromatic N) is 3. The molecule has 0 aliphatic carbocycles. The Kier molecular flexibility index (Phi) is 4.43. The highest BCUT2D eigenvalue weighted by molar-refractivity contribution is 7.16. The Morgan fingerprint density at radius 3 is 2.45 bits per heavy atom. The van der Waals surface area contributed by atoms with E-state index in [1.807, 2.05) is 41.9 Å². The van der Waals surface area contributed by atoms with E-state index in [-0.39, 0.29) is 0 Å². The normalized spacial score (nSPS) is 11.5. The number of hydrogen-bond acceptors (Lipinski definition) is 4. The number of ether oxygens (including phenoxy) is 1. The van der Waals surface area contributed by atoms with Crippen LogP contribution in [-0.2, 0) is 0 Å². The van der Waals surface area contributed by atoms with Crippen molar-refractivity contribution < 1.29 is 4.74 Å². The standard InChI is InChI=1S/C17H21N3OS/c1-4-12(5-2)16-19-20-11-15(18-17(20)22-16)13-7-9-14(10-8-13)21-6-3/h7-12H,4-6H2,1-3H3. The van der Waals surface area contributed by atoms with E-state index in [4.69, 9.17) is 14.8 Å². The topological polar surface area (TPSA) is 39.4 Å². The summed E-state index contributed by atoms with van der Waals surface area (Å²) in [5.41, 5.74) is 2.04. The lowest BCUT2D eigenvalue weighted by atomic mass is 10.1. The molecular weight excluding hydrogens is 294 g/mol. The summed E-state index contributed by atoms with van der Waals surface area (Å²) in [6.07, 6.45) is 4.26. The van der Waals surface area contributed by atoms with Crippen LogP contribution >= 0.6 is 11.3 Å². The van der Waals surface area contributed by atoms with Gasteiger partial charge in [0.2, 0.25) is 4.96 Å². The Bertz CT molecular complexity index is 709. The van der Waals surface area contributed by atoms with Gasteiger partial charge in [-0.3, -0.25) is 0 Å². The molecule has 2 heterocycles. The van der Waals surface area contributed by atoms with Gasteiger partial charge in [-0.25, -0.2) is 9.50 Å². The average Bonchev–Trinajstić information content (AvgIpc) is 3.08. The summed E-state index contributed by atoms with van der Waals surface area (Å²) in [5, 5.41) is 5.88. The van der Waals surface area contributed by atoms with Crippen LogP contribution in [0.3, 0.4) is 0 Å². The minimum absolute atomic E-state index is 0.542. The predicted molar refractivity (Wildman–Crippen MR) is 90.8 cm³/mol. The molecule has 0 bridgehead atoms. The molecule has 0 amide bonds. The molecule has 0 saturated carbocycles. The minimum Gasteiger partial charge on any atom is -0.494 e. The number of benzene rings is 1. The third-order valence-corrected chi connectivity index (χ3v) is 4.94. The molecule has 5 heteroatoms. The van der Waals surface area contributed by atoms with Crippen molar-refractivity contribution in [2.75, 3.05) is 6.61 Å². The third kappa shape index (κ3) is 2.86. The van der Waals surface area contributed by atoms with E-state index in [1.54, 1.807) is 11.3 Å². The highest BCUT2D eigenvalue weighted by Crippen LogP contribution is 2.29. The van der Waals surface area contributed by atoms with Gasteiger partial charge in [-0.15, -0.1) is 0 Å². The molecule has 0 fully saturated rings. The van der Waals surface area contributed by atoms with Gasteiger partial charge in [0.15, 0.2) is 0 Å². The number of fused-ring (bicyclic) bond motifs is 1. The fourth-order valence-electron chi connectivity index (χ4n) is 2.55. The van der Waals surface area contributed by atoms with Gasteiger partial charge in [0, 0.05) is 11.5 Å². The maximum absolute atomic E-state index is 5.47. The van der Waals surface area contributed by atoms with E-state index in [0.717, 1.165) is 34.8 Å². The Labute approximate surface area is 134 Å². The minimum atomic E-state index is 0.542. The first kappa shape index (κ1) is 15.0. The van der Waals surface area contributed by atoms with E-state index >= 15 is 0 Å². The van der Waals surface area contributed by atoms with Gasteiger partial charge >= 0.3 is 0 Å². The summed E-state index contributed by atoms with van der Waals surface area (Å²) in [4.78, 5) is 5.67. The summed E-state index contributed by atoms with van der Waals surface area (Å²) in [7, 11) is 0. The molecule has 3 rings (SSSR count). The van der Waals surface area contributed by atoms with E-state index in [0.29, 0.717) is 12.5 Å². The van der Waals surface area contributed by atoms with Crippen LogP contribution in [0.5, 0.6) is 5.75 Å². The fraction of sp³-hybridized carbons (Fsp3) is 0.412. The molecule has 4 nitrogen and oxygen atoms in total. The van der Waals surface area contributed by atoms with Crippen LogP contribution in [0.15, 0.2) is 30.5 Å². The fourth-order valence-corrected chi connectivity index (χ4v) is 3.69. The van der Waals surface area contributed by atoms with E-state index < -0.39 is 0 Å². The second-order valence-corrected chi connectivity index (χ2v) is 6.25. The van der Waals surface area contributed by atoms with Gasteiger partial charge in [0.1, 0.15) is 10.8 Å². The first-order valence-electron chi connectivity index (χ1n) is 7.84. The molecule has 0 aliphatic rings. The Morgan fingerprint density at radius 2 is 1.86 bits per heavy atom. The van der Waals surface area contributed by atoms with Crippen LogP contribution in [0, 0.1) is 0 Å². The lowest BCUT2D eigenvalue weighted by Gasteiger charge is -2.06. The second-order valence-electron chi connectivity index (χ2n) is 5.26. The highest BCUT2D eigenvalue weighted by Gasteiger charge is 2.15. The van der Waals surface area contributed by atoms with Crippen molar-refractivity contribution in [1.29, 1.82) is 0 Å². The van der Waals surface area contributed by atoms with Crippen molar-refractivity contribution >= 4 is 16.3 Å². The third-order valence-electron chi connectivity index (χ3n) is 3.85. The van der Waals surface area contributed by atoms with Crippen molar-refractivity contribution in [2.45, 2.75) is 39.5 Å². The van der Waals surface area contributed by atoms with Crippen LogP contribution in [0.2, 0.25) is 0 Å². The monoisotopic (exact) mass is 315 g/mol. The first-order chi connectivity index (χ1) is 10.7. The maximum atomic E-state index is 5.47. The lowest BCUT2D eigenvalue weighted by Crippen LogP contribution is -1.95. The van der Waals surface area contributed by atoms with Gasteiger partial charge in [-0.1, -0.05) is 25.2 Å². The smallest absolute Gasteiger partial charge is 0.212 e. The van der Waals surface area contributed by atoms with Gasteiger partial charge in [0.05, 0.1) is 18.5 Å². The summed E-state index contributed by atoms with van der Waals surface area (Å²) in [6.45, 7) is 7.09. The molecule has 0 radical (unpaired) electrons. The molecule has 3 aromatic rings. The summed E-state index contributed by atoms with van der Waals surface area (Å²) in [6, 6.07) is 8.04. The zero-order chi connectivity index (χ0) is 15.5. The van der Waals surface area contributed by atoms with Crippen molar-refractivity contribution in [1.82, 2.24) is 14.6 Å². The number of hydrogen-bond donors (Lipinski definition) is 0. The van der Waals surface area contributed by atoms with Gasteiger partial charge in [-0.05, 0) is 44.0 Å². The molecule has 22 heavy (non-hydrogen) atoms. The zero-order valence-corrected chi connectivity index (χ0v) is 14.1. The van der Waals surface area contributed by atoms with E-state index in [9.17, 15) is 0 Å². The molecule has 0 N–H and O–H groups in total. The largest absolute Gasteiger partial charge is 0.494 e. The molecular formula is C17H21N3OS. The van der Waals surface area contributed by atoms with Crippen molar-refractivity contribution in [3.63, 3.8) is 0 Å². The summed E-state index contributed by atoms with van der Waals surface area (Å²) >= 11 is 1.70. The molecule has 116 valence electrons. The van der Waals surface area contributed by atoms with E-state index in [2.05, 4.69) is 13.8 Å². The van der Waals surface area contributed by atoms with Crippen molar-refractivity contribution in [3.8, 4) is 17.0 Å². The Balaban J connectivity index is 1.87. The second kappa shape index (κ2) is 6.48. The van der Waals surface area contributed by atoms with Gasteiger partial charge < -0.3 is 4.74 Å². The van der Waals surface area contributed by atoms with Crippen LogP contribution in [0.1, 0.15) is 44.5 Å². The highest BCUT2D eigenvalue weighted by atomic mass is 32.1. The van der Waals surface area contributed by atoms with Crippen molar-refractivity contribution in [2.24, 2.45) is 0 Å². The summed E-state index contributed by atoms with van der Waals surface area (Å²) in [5.74, 6) is 1.43. The Morgan fingerprint density at radius 1 is 1.14 bits per heavy atom. The van der Waals surface area contributed by atoms with Crippen LogP contribution < -0.4 is 4.74 Å². The molecule has 0 unspecified atom stereocenters. The average molecular weight is 315 g/mol. The zero-order valence-electron chi connectivity index (χ0n) is 13.2. The van der Waals surface area contributed by atoms with Crippen LogP contribution in [0.4, 0.5) is 0 Å². The lowest BCUT2D eigenvalue weighted by molar-refractivity contribution is 0.340. The van der Waals surface area contributed by atoms with Crippen LogP contribution in [0.25, 0.3) is 16.2 Å². The number of imidazole rings is 1. The van der Waals surface area contributed by atoms with Gasteiger partial charge in [0.25, 0.3) is 0 Å². The molecule has 0 atom stereocenters. The van der Waals surface area contributed by atoms with Crippen LogP contribution in [-0.4, -0.2) is 21.2 Å². The summed E-state index contributed by atoms with van der Waals surface area (Å²) < 4.78 is 7.38. The predicted octanol–water partition coefficient (Wildman–Crippen LogP) is 4.76. The van der Waals surface area contributed by atoms with Crippen molar-refractivity contribution in [3.05, 3.63) is 35.5 Å². The maximum Gasteiger partial charge on any atom is 0.212 e. The van der Waals surface area contributed by atoms with Gasteiger partial charge in [-0.2, -0.15) is 5.10 Å². The first-order valence-corrected chi connectivity index (χ1v) is 8.66. The number of aromatic nitrogens is 3. The molecule has 0 aliphatic heterocycles. The van der Waals surface area contributed by atoms with E-state index in [1.165, 1.54) is 5.01 Å². The SMILES string of the molecule is CCOc1ccc(-c2cn3nc(C(CC)CC)sc3n2)cc1.